The van der Waals surface area contributed by atoms with Crippen molar-refractivity contribution in [2.75, 3.05) is 0 Å². The summed E-state index contributed by atoms with van der Waals surface area (Å²) >= 11 is 0. The minimum Gasteiger partial charge on any atom is -0.478 e. The molecule has 0 fully saturated rings. The molecule has 1 N–H and O–H groups in total. The van der Waals surface area contributed by atoms with Crippen molar-refractivity contribution in [3.63, 3.8) is 0 Å². The van der Waals surface area contributed by atoms with Crippen LogP contribution in [0.15, 0.2) is 48.5 Å². The standard InChI is InChI=1S/C16H16O2/c1-2-3-12-4-6-13(7-5-12)14-8-10-15(11-9-14)16(17)18/h4-11H,2-3H2,1H3,(H,17,18). The molecule has 0 aliphatic rings. The molecule has 2 nitrogen and oxygen atoms in total. The van der Waals surface area contributed by atoms with E-state index in [1.807, 2.05) is 12.1 Å². The Kier molecular flexibility index (Phi) is 3.78. The lowest BCUT2D eigenvalue weighted by Crippen LogP contribution is -1.94. The SMILES string of the molecule is CCCc1ccc(-c2ccc(C(=O)O)cc2)cc1. The van der Waals surface area contributed by atoms with Gasteiger partial charge in [-0.2, -0.15) is 0 Å². The molecule has 92 valence electrons. The second-order valence-electron chi connectivity index (χ2n) is 4.33. The number of aromatic carboxylic acids is 1. The fraction of sp³-hybridized carbons (Fsp3) is 0.188. The summed E-state index contributed by atoms with van der Waals surface area (Å²) in [7, 11) is 0. The van der Waals surface area contributed by atoms with Crippen molar-refractivity contribution in [3.8, 4) is 11.1 Å². The second kappa shape index (κ2) is 5.50. The van der Waals surface area contributed by atoms with Gasteiger partial charge in [-0.3, -0.25) is 0 Å². The molecule has 0 heterocycles. The van der Waals surface area contributed by atoms with Crippen molar-refractivity contribution in [1.82, 2.24) is 0 Å². The van der Waals surface area contributed by atoms with Crippen LogP contribution in [0.5, 0.6) is 0 Å². The van der Waals surface area contributed by atoms with E-state index in [-0.39, 0.29) is 0 Å². The van der Waals surface area contributed by atoms with Gasteiger partial charge < -0.3 is 5.11 Å². The maximum Gasteiger partial charge on any atom is 0.335 e. The lowest BCUT2D eigenvalue weighted by Gasteiger charge is -2.04. The largest absolute Gasteiger partial charge is 0.478 e. The highest BCUT2D eigenvalue weighted by molar-refractivity contribution is 5.88. The van der Waals surface area contributed by atoms with E-state index in [9.17, 15) is 4.79 Å². The summed E-state index contributed by atoms with van der Waals surface area (Å²) in [6, 6.07) is 15.4. The molecule has 2 heteroatoms. The van der Waals surface area contributed by atoms with Crippen LogP contribution in [0.1, 0.15) is 29.3 Å². The monoisotopic (exact) mass is 240 g/mol. The number of aryl methyl sites for hydroxylation is 1. The van der Waals surface area contributed by atoms with Gasteiger partial charge in [-0.25, -0.2) is 4.79 Å². The maximum atomic E-state index is 10.8. The van der Waals surface area contributed by atoms with Gasteiger partial charge in [0.25, 0.3) is 0 Å². The molecule has 0 unspecified atom stereocenters. The predicted molar refractivity (Wildman–Crippen MR) is 72.8 cm³/mol. The molecule has 0 radical (unpaired) electrons. The molecule has 2 rings (SSSR count). The predicted octanol–water partition coefficient (Wildman–Crippen LogP) is 4.00. The topological polar surface area (TPSA) is 37.3 Å². The van der Waals surface area contributed by atoms with Crippen molar-refractivity contribution in [1.29, 1.82) is 0 Å². The molecule has 0 amide bonds. The first-order chi connectivity index (χ1) is 8.70. The van der Waals surface area contributed by atoms with Gasteiger partial charge in [-0.05, 0) is 35.2 Å². The molecule has 0 aliphatic carbocycles. The third kappa shape index (κ3) is 2.77. The van der Waals surface area contributed by atoms with E-state index in [1.54, 1.807) is 12.1 Å². The molecule has 0 aromatic heterocycles. The van der Waals surface area contributed by atoms with Crippen LogP contribution < -0.4 is 0 Å². The Morgan fingerprint density at radius 2 is 1.44 bits per heavy atom. The Morgan fingerprint density at radius 1 is 0.944 bits per heavy atom. The van der Waals surface area contributed by atoms with Gasteiger partial charge >= 0.3 is 5.97 Å². The van der Waals surface area contributed by atoms with Gasteiger partial charge in [-0.15, -0.1) is 0 Å². The molecular weight excluding hydrogens is 224 g/mol. The molecule has 0 aliphatic heterocycles. The zero-order chi connectivity index (χ0) is 13.0. The molecule has 2 aromatic carbocycles. The Labute approximate surface area is 107 Å². The number of rotatable bonds is 4. The lowest BCUT2D eigenvalue weighted by atomic mass is 10.0. The first kappa shape index (κ1) is 12.4. The van der Waals surface area contributed by atoms with Gasteiger partial charge in [0, 0.05) is 0 Å². The number of hydrogen-bond donors (Lipinski definition) is 1. The zero-order valence-electron chi connectivity index (χ0n) is 10.4. The van der Waals surface area contributed by atoms with Gasteiger partial charge in [0.15, 0.2) is 0 Å². The molecule has 0 spiro atoms. The van der Waals surface area contributed by atoms with Gasteiger partial charge in [-0.1, -0.05) is 49.7 Å². The highest BCUT2D eigenvalue weighted by atomic mass is 16.4. The van der Waals surface area contributed by atoms with E-state index >= 15 is 0 Å². The Bertz CT molecular complexity index is 524. The summed E-state index contributed by atoms with van der Waals surface area (Å²) in [4.78, 5) is 10.8. The molecule has 0 saturated carbocycles. The highest BCUT2D eigenvalue weighted by Crippen LogP contribution is 2.20. The van der Waals surface area contributed by atoms with Crippen LogP contribution in [-0.2, 0) is 6.42 Å². The summed E-state index contributed by atoms with van der Waals surface area (Å²) in [6.07, 6.45) is 2.24. The molecule has 0 atom stereocenters. The molecule has 2 aromatic rings. The summed E-state index contributed by atoms with van der Waals surface area (Å²) in [5.74, 6) is -0.889. The Balaban J connectivity index is 2.23. The van der Waals surface area contributed by atoms with E-state index in [0.29, 0.717) is 5.56 Å². The zero-order valence-corrected chi connectivity index (χ0v) is 10.4. The van der Waals surface area contributed by atoms with E-state index in [1.165, 1.54) is 5.56 Å². The first-order valence-electron chi connectivity index (χ1n) is 6.13. The van der Waals surface area contributed by atoms with Crippen molar-refractivity contribution in [2.45, 2.75) is 19.8 Å². The summed E-state index contributed by atoms with van der Waals surface area (Å²) in [5, 5.41) is 8.84. The lowest BCUT2D eigenvalue weighted by molar-refractivity contribution is 0.0697. The first-order valence-corrected chi connectivity index (χ1v) is 6.13. The minimum absolute atomic E-state index is 0.321. The average molecular weight is 240 g/mol. The van der Waals surface area contributed by atoms with Gasteiger partial charge in [0.05, 0.1) is 5.56 Å². The quantitative estimate of drug-likeness (QED) is 0.876. The number of carboxylic acids is 1. The summed E-state index contributed by atoms with van der Waals surface area (Å²) < 4.78 is 0. The number of hydrogen-bond acceptors (Lipinski definition) is 1. The maximum absolute atomic E-state index is 10.8. The van der Waals surface area contributed by atoms with Crippen LogP contribution in [0.3, 0.4) is 0 Å². The van der Waals surface area contributed by atoms with Crippen molar-refractivity contribution in [3.05, 3.63) is 59.7 Å². The number of carboxylic acid groups (broad SMARTS) is 1. The minimum atomic E-state index is -0.889. The van der Waals surface area contributed by atoms with Crippen LogP contribution in [0.4, 0.5) is 0 Å². The third-order valence-electron chi connectivity index (χ3n) is 2.96. The van der Waals surface area contributed by atoms with Crippen LogP contribution in [0, 0.1) is 0 Å². The fourth-order valence-corrected chi connectivity index (χ4v) is 1.96. The van der Waals surface area contributed by atoms with Gasteiger partial charge in [0.2, 0.25) is 0 Å². The Morgan fingerprint density at radius 3 is 1.89 bits per heavy atom. The smallest absolute Gasteiger partial charge is 0.335 e. The van der Waals surface area contributed by atoms with E-state index in [2.05, 4.69) is 31.2 Å². The Hall–Kier alpha value is -2.09. The number of benzene rings is 2. The molecule has 0 bridgehead atoms. The molecule has 18 heavy (non-hydrogen) atoms. The van der Waals surface area contributed by atoms with Crippen molar-refractivity contribution >= 4 is 5.97 Å². The fourth-order valence-electron chi connectivity index (χ4n) is 1.96. The van der Waals surface area contributed by atoms with Crippen LogP contribution in [0.2, 0.25) is 0 Å². The normalized spacial score (nSPS) is 10.3. The van der Waals surface area contributed by atoms with E-state index < -0.39 is 5.97 Å². The van der Waals surface area contributed by atoms with Crippen molar-refractivity contribution < 1.29 is 9.90 Å². The number of carbonyl (C=O) groups is 1. The van der Waals surface area contributed by atoms with Crippen LogP contribution in [-0.4, -0.2) is 11.1 Å². The molecule has 0 saturated heterocycles. The van der Waals surface area contributed by atoms with Gasteiger partial charge in [0.1, 0.15) is 0 Å². The van der Waals surface area contributed by atoms with E-state index in [4.69, 9.17) is 5.11 Å². The second-order valence-corrected chi connectivity index (χ2v) is 4.33. The third-order valence-corrected chi connectivity index (χ3v) is 2.96. The van der Waals surface area contributed by atoms with Crippen molar-refractivity contribution in [2.24, 2.45) is 0 Å². The average Bonchev–Trinajstić information content (AvgIpc) is 2.40. The highest BCUT2D eigenvalue weighted by Gasteiger charge is 2.03. The summed E-state index contributed by atoms with van der Waals surface area (Å²) in [5.41, 5.74) is 3.82. The van der Waals surface area contributed by atoms with E-state index in [0.717, 1.165) is 24.0 Å². The van der Waals surface area contributed by atoms with Crippen LogP contribution in [0.25, 0.3) is 11.1 Å². The molecular formula is C16H16O2. The summed E-state index contributed by atoms with van der Waals surface area (Å²) in [6.45, 7) is 2.17. The van der Waals surface area contributed by atoms with Crippen LogP contribution >= 0.6 is 0 Å².